The van der Waals surface area contributed by atoms with E-state index in [-0.39, 0.29) is 6.54 Å². The molecule has 22 heavy (non-hydrogen) atoms. The predicted molar refractivity (Wildman–Crippen MR) is 85.2 cm³/mol. The maximum absolute atomic E-state index is 12.5. The molecule has 1 heterocycles. The summed E-state index contributed by atoms with van der Waals surface area (Å²) in [6.07, 6.45) is 4.05. The normalized spacial score (nSPS) is 16.5. The van der Waals surface area contributed by atoms with Gasteiger partial charge in [-0.3, -0.25) is 0 Å². The lowest BCUT2D eigenvalue weighted by atomic mass is 10.1. The van der Waals surface area contributed by atoms with E-state index in [1.165, 1.54) is 22.7 Å². The number of benzene rings is 1. The molecule has 0 atom stereocenters. The summed E-state index contributed by atoms with van der Waals surface area (Å²) >= 11 is 0. The molecule has 0 radical (unpaired) electrons. The summed E-state index contributed by atoms with van der Waals surface area (Å²) in [6, 6.07) is 7.17. The van der Waals surface area contributed by atoms with Crippen molar-refractivity contribution in [1.29, 1.82) is 0 Å². The fraction of sp³-hybridized carbons (Fsp3) is 0.625. The van der Waals surface area contributed by atoms with E-state index in [0.29, 0.717) is 18.1 Å². The van der Waals surface area contributed by atoms with E-state index in [1.807, 2.05) is 12.1 Å². The van der Waals surface area contributed by atoms with Crippen molar-refractivity contribution < 1.29 is 17.9 Å². The van der Waals surface area contributed by atoms with E-state index in [9.17, 15) is 8.42 Å². The molecule has 1 aromatic rings. The second-order valence-electron chi connectivity index (χ2n) is 5.56. The second kappa shape index (κ2) is 8.06. The highest BCUT2D eigenvalue weighted by Gasteiger charge is 2.26. The van der Waals surface area contributed by atoms with Crippen LogP contribution in [0.15, 0.2) is 29.2 Å². The average molecular weight is 327 g/mol. The molecule has 0 bridgehead atoms. The van der Waals surface area contributed by atoms with E-state index in [1.54, 1.807) is 19.2 Å². The number of aryl methyl sites for hydroxylation is 1. The van der Waals surface area contributed by atoms with Gasteiger partial charge in [0.1, 0.15) is 0 Å². The van der Waals surface area contributed by atoms with Gasteiger partial charge < -0.3 is 9.47 Å². The third-order valence-electron chi connectivity index (χ3n) is 3.80. The van der Waals surface area contributed by atoms with Gasteiger partial charge in [0.25, 0.3) is 0 Å². The fourth-order valence-corrected chi connectivity index (χ4v) is 3.57. The molecule has 0 saturated carbocycles. The van der Waals surface area contributed by atoms with Gasteiger partial charge in [0.05, 0.1) is 24.7 Å². The number of hydrogen-bond acceptors (Lipinski definition) is 4. The van der Waals surface area contributed by atoms with Crippen LogP contribution in [-0.2, 0) is 25.9 Å². The molecule has 1 aliphatic rings. The molecule has 2 rings (SSSR count). The minimum Gasteiger partial charge on any atom is -0.349 e. The first-order valence-electron chi connectivity index (χ1n) is 7.82. The lowest BCUT2D eigenvalue weighted by Gasteiger charge is -2.20. The predicted octanol–water partition coefficient (Wildman–Crippen LogP) is 2.41. The number of ether oxygens (including phenoxy) is 2. The zero-order valence-corrected chi connectivity index (χ0v) is 14.1. The molecule has 0 aromatic heterocycles. The quantitative estimate of drug-likeness (QED) is 0.688. The standard InChI is InChI=1S/C16H25NO4S/c1-3-4-5-6-14-7-9-15(10-8-14)22(18,19)17(2)13-16-20-11-12-21-16/h7-10,16H,3-6,11-13H2,1-2H3. The summed E-state index contributed by atoms with van der Waals surface area (Å²) in [4.78, 5) is 0.312. The number of hydrogen-bond donors (Lipinski definition) is 0. The molecular weight excluding hydrogens is 302 g/mol. The molecular formula is C16H25NO4S. The maximum Gasteiger partial charge on any atom is 0.242 e. The largest absolute Gasteiger partial charge is 0.349 e. The molecule has 0 amide bonds. The van der Waals surface area contributed by atoms with Crippen molar-refractivity contribution in [3.05, 3.63) is 29.8 Å². The first-order chi connectivity index (χ1) is 10.5. The Hall–Kier alpha value is -0.950. The van der Waals surface area contributed by atoms with Crippen LogP contribution < -0.4 is 0 Å². The molecule has 6 heteroatoms. The number of rotatable bonds is 8. The van der Waals surface area contributed by atoms with Crippen molar-refractivity contribution in [2.75, 3.05) is 26.8 Å². The summed E-state index contributed by atoms with van der Waals surface area (Å²) in [5.74, 6) is 0. The van der Waals surface area contributed by atoms with Crippen LogP contribution in [0.1, 0.15) is 31.7 Å². The van der Waals surface area contributed by atoms with Crippen LogP contribution in [0.4, 0.5) is 0 Å². The lowest BCUT2D eigenvalue weighted by Crippen LogP contribution is -2.34. The molecule has 0 unspecified atom stereocenters. The van der Waals surface area contributed by atoms with Crippen molar-refractivity contribution >= 4 is 10.0 Å². The Bertz CT molecular complexity index is 550. The minimum absolute atomic E-state index is 0.209. The average Bonchev–Trinajstić information content (AvgIpc) is 3.01. The van der Waals surface area contributed by atoms with Gasteiger partial charge in [0.2, 0.25) is 10.0 Å². The summed E-state index contributed by atoms with van der Waals surface area (Å²) in [6.45, 7) is 3.42. The van der Waals surface area contributed by atoms with Crippen LogP contribution in [0.2, 0.25) is 0 Å². The second-order valence-corrected chi connectivity index (χ2v) is 7.60. The third kappa shape index (κ3) is 4.52. The van der Waals surface area contributed by atoms with Gasteiger partial charge in [-0.1, -0.05) is 31.9 Å². The van der Waals surface area contributed by atoms with Gasteiger partial charge in [-0.15, -0.1) is 0 Å². The first-order valence-corrected chi connectivity index (χ1v) is 9.26. The van der Waals surface area contributed by atoms with Gasteiger partial charge >= 0.3 is 0 Å². The molecule has 0 aliphatic carbocycles. The molecule has 1 aliphatic heterocycles. The highest BCUT2D eigenvalue weighted by molar-refractivity contribution is 7.89. The highest BCUT2D eigenvalue weighted by atomic mass is 32.2. The number of nitrogens with zero attached hydrogens (tertiary/aromatic N) is 1. The Balaban J connectivity index is 1.98. The van der Waals surface area contributed by atoms with E-state index >= 15 is 0 Å². The van der Waals surface area contributed by atoms with Crippen LogP contribution in [0.25, 0.3) is 0 Å². The van der Waals surface area contributed by atoms with Gasteiger partial charge in [-0.05, 0) is 30.5 Å². The van der Waals surface area contributed by atoms with Crippen molar-refractivity contribution in [2.45, 2.75) is 43.8 Å². The zero-order valence-electron chi connectivity index (χ0n) is 13.3. The molecule has 1 fully saturated rings. The third-order valence-corrected chi connectivity index (χ3v) is 5.64. The number of likely N-dealkylation sites (N-methyl/N-ethyl adjacent to an activating group) is 1. The summed E-state index contributed by atoms with van der Waals surface area (Å²) in [7, 11) is -1.94. The summed E-state index contributed by atoms with van der Waals surface area (Å²) < 4.78 is 36.9. The summed E-state index contributed by atoms with van der Waals surface area (Å²) in [5.41, 5.74) is 1.18. The van der Waals surface area contributed by atoms with Crippen molar-refractivity contribution in [1.82, 2.24) is 4.31 Å². The number of sulfonamides is 1. The van der Waals surface area contributed by atoms with Crippen LogP contribution in [0.5, 0.6) is 0 Å². The SMILES string of the molecule is CCCCCc1ccc(S(=O)(=O)N(C)CC2OCCO2)cc1. The van der Waals surface area contributed by atoms with E-state index in [2.05, 4.69) is 6.92 Å². The zero-order chi connectivity index (χ0) is 16.0. The van der Waals surface area contributed by atoms with E-state index in [0.717, 1.165) is 12.8 Å². The van der Waals surface area contributed by atoms with Gasteiger partial charge in [-0.25, -0.2) is 8.42 Å². The van der Waals surface area contributed by atoms with Crippen LogP contribution in [0.3, 0.4) is 0 Å². The molecule has 0 spiro atoms. The monoisotopic (exact) mass is 327 g/mol. The van der Waals surface area contributed by atoms with E-state index in [4.69, 9.17) is 9.47 Å². The van der Waals surface area contributed by atoms with Gasteiger partial charge in [-0.2, -0.15) is 4.31 Å². The molecule has 1 aromatic carbocycles. The van der Waals surface area contributed by atoms with Gasteiger partial charge in [0.15, 0.2) is 6.29 Å². The topological polar surface area (TPSA) is 55.8 Å². The Morgan fingerprint density at radius 2 is 1.77 bits per heavy atom. The number of unbranched alkanes of at least 4 members (excludes halogenated alkanes) is 2. The molecule has 1 saturated heterocycles. The van der Waals surface area contributed by atoms with Crippen LogP contribution in [-0.4, -0.2) is 45.8 Å². The highest BCUT2D eigenvalue weighted by Crippen LogP contribution is 2.18. The fourth-order valence-electron chi connectivity index (χ4n) is 2.41. The molecule has 0 N–H and O–H groups in total. The van der Waals surface area contributed by atoms with Crippen molar-refractivity contribution in [3.63, 3.8) is 0 Å². The van der Waals surface area contributed by atoms with Crippen LogP contribution >= 0.6 is 0 Å². The van der Waals surface area contributed by atoms with E-state index < -0.39 is 16.3 Å². The minimum atomic E-state index is -3.50. The Morgan fingerprint density at radius 1 is 1.14 bits per heavy atom. The molecule has 5 nitrogen and oxygen atoms in total. The molecule has 124 valence electrons. The smallest absolute Gasteiger partial charge is 0.242 e. The van der Waals surface area contributed by atoms with Crippen LogP contribution in [0, 0.1) is 0 Å². The van der Waals surface area contributed by atoms with Crippen molar-refractivity contribution in [2.24, 2.45) is 0 Å². The maximum atomic E-state index is 12.5. The Morgan fingerprint density at radius 3 is 2.36 bits per heavy atom. The van der Waals surface area contributed by atoms with Crippen molar-refractivity contribution in [3.8, 4) is 0 Å². The first kappa shape index (κ1) is 17.4. The Kier molecular flexibility index (Phi) is 6.37. The summed E-state index contributed by atoms with van der Waals surface area (Å²) in [5, 5.41) is 0. The Labute approximate surface area is 133 Å². The lowest BCUT2D eigenvalue weighted by molar-refractivity contribution is -0.0482. The van der Waals surface area contributed by atoms with Gasteiger partial charge in [0, 0.05) is 7.05 Å².